The van der Waals surface area contributed by atoms with Crippen LogP contribution >= 0.6 is 0 Å². The number of hydrogen-bond acceptors (Lipinski definition) is 6. The summed E-state index contributed by atoms with van der Waals surface area (Å²) in [6.07, 6.45) is -2.15. The topological polar surface area (TPSA) is 93.2 Å². The van der Waals surface area contributed by atoms with Crippen LogP contribution in [0.1, 0.15) is 44.2 Å². The van der Waals surface area contributed by atoms with Gasteiger partial charge in [-0.2, -0.15) is 0 Å². The number of hydrogen-bond donors (Lipinski definition) is 0. The molecule has 2 heterocycles. The Morgan fingerprint density at radius 2 is 1.32 bits per heavy atom. The van der Waals surface area contributed by atoms with Gasteiger partial charge in [0.25, 0.3) is 17.7 Å². The average Bonchev–Trinajstić information content (AvgIpc) is 3.51. The third-order valence-corrected chi connectivity index (χ3v) is 7.05. The lowest BCUT2D eigenvalue weighted by atomic mass is 9.98. The molecule has 1 atom stereocenters. The Hall–Kier alpha value is -4.60. The summed E-state index contributed by atoms with van der Waals surface area (Å²) in [5, 5.41) is 0.235. The fraction of sp³-hybridized carbons (Fsp3) is 0.214. The van der Waals surface area contributed by atoms with Crippen molar-refractivity contribution >= 4 is 23.9 Å². The highest BCUT2D eigenvalue weighted by Gasteiger charge is 2.53. The van der Waals surface area contributed by atoms with E-state index in [2.05, 4.69) is 0 Å². The van der Waals surface area contributed by atoms with Gasteiger partial charge < -0.3 is 9.57 Å². The summed E-state index contributed by atoms with van der Waals surface area (Å²) in [4.78, 5) is 56.5. The first kappa shape index (κ1) is 23.8. The minimum atomic E-state index is -3.39. The van der Waals surface area contributed by atoms with Crippen molar-refractivity contribution in [2.24, 2.45) is 0 Å². The third-order valence-electron chi connectivity index (χ3n) is 7.05. The number of imide groups is 1. The predicted octanol–water partition coefficient (Wildman–Crippen LogP) is 4.40. The fourth-order valence-corrected chi connectivity index (χ4v) is 5.30. The average molecular weight is 518 g/mol. The van der Waals surface area contributed by atoms with Crippen molar-refractivity contribution in [3.63, 3.8) is 0 Å². The second kappa shape index (κ2) is 8.76. The lowest BCUT2D eigenvalue weighted by Crippen LogP contribution is -2.45. The fourth-order valence-electron chi connectivity index (χ4n) is 5.30. The van der Waals surface area contributed by atoms with Gasteiger partial charge in [0.15, 0.2) is 0 Å². The molecule has 3 aromatic carbocycles. The van der Waals surface area contributed by atoms with E-state index in [0.717, 1.165) is 22.3 Å². The van der Waals surface area contributed by atoms with Gasteiger partial charge in [-0.25, -0.2) is 18.4 Å². The second-order valence-corrected chi connectivity index (χ2v) is 9.37. The zero-order chi connectivity index (χ0) is 26.6. The third kappa shape index (κ3) is 3.80. The molecule has 0 saturated carbocycles. The van der Waals surface area contributed by atoms with Crippen LogP contribution in [-0.4, -0.2) is 59.0 Å². The van der Waals surface area contributed by atoms with E-state index in [1.807, 2.05) is 48.5 Å². The van der Waals surface area contributed by atoms with E-state index < -0.39 is 48.8 Å². The van der Waals surface area contributed by atoms with Gasteiger partial charge in [-0.15, -0.1) is 0 Å². The molecule has 0 bridgehead atoms. The van der Waals surface area contributed by atoms with Crippen LogP contribution in [0.3, 0.4) is 0 Å². The van der Waals surface area contributed by atoms with Gasteiger partial charge in [-0.3, -0.25) is 14.5 Å². The van der Waals surface area contributed by atoms with Crippen molar-refractivity contribution in [2.75, 3.05) is 13.2 Å². The Morgan fingerprint density at radius 3 is 1.87 bits per heavy atom. The molecule has 1 saturated heterocycles. The van der Waals surface area contributed by atoms with E-state index in [4.69, 9.17) is 9.57 Å². The molecule has 0 N–H and O–H groups in total. The molecule has 38 heavy (non-hydrogen) atoms. The Labute approximate surface area is 215 Å². The van der Waals surface area contributed by atoms with Crippen LogP contribution in [0.5, 0.6) is 0 Å². The zero-order valence-electron chi connectivity index (χ0n) is 19.8. The summed E-state index contributed by atoms with van der Waals surface area (Å²) in [7, 11) is 0. The minimum absolute atomic E-state index is 0.0236. The lowest BCUT2D eigenvalue weighted by Gasteiger charge is -2.24. The minimum Gasteiger partial charge on any atom is -0.448 e. The zero-order valence-corrected chi connectivity index (χ0v) is 19.8. The number of likely N-dealkylation sites (tertiary alicyclic amines) is 1. The normalized spacial score (nSPS) is 19.3. The van der Waals surface area contributed by atoms with Gasteiger partial charge in [-0.05, 0) is 34.4 Å². The van der Waals surface area contributed by atoms with Crippen molar-refractivity contribution in [3.05, 3.63) is 95.1 Å². The van der Waals surface area contributed by atoms with E-state index in [-0.39, 0.29) is 28.7 Å². The number of rotatable bonds is 4. The molecule has 0 spiro atoms. The number of fused-ring (bicyclic) bond motifs is 4. The largest absolute Gasteiger partial charge is 0.448 e. The number of nitrogens with zero attached hydrogens (tertiary/aromatic N) is 2. The predicted molar refractivity (Wildman–Crippen MR) is 128 cm³/mol. The molecule has 3 amide bonds. The summed E-state index contributed by atoms with van der Waals surface area (Å²) in [6, 6.07) is 19.4. The smallest absolute Gasteiger partial charge is 0.410 e. The SMILES string of the molecule is O=C(ON1C(=O)c2ccccc2C1=O)[C@@H]1CC(F)(F)CN1C(=O)OCC1c2ccccc2-c2ccccc21. The molecule has 0 radical (unpaired) electrons. The van der Waals surface area contributed by atoms with E-state index in [1.165, 1.54) is 24.3 Å². The van der Waals surface area contributed by atoms with Gasteiger partial charge >= 0.3 is 12.1 Å². The highest BCUT2D eigenvalue weighted by atomic mass is 19.3. The Bertz CT molecular complexity index is 1430. The summed E-state index contributed by atoms with van der Waals surface area (Å²) in [5.41, 5.74) is 3.93. The molecule has 2 aliphatic heterocycles. The van der Waals surface area contributed by atoms with E-state index in [0.29, 0.717) is 4.90 Å². The van der Waals surface area contributed by atoms with Gasteiger partial charge in [-0.1, -0.05) is 65.7 Å². The number of carbonyl (C=O) groups is 4. The molecule has 10 heteroatoms. The highest BCUT2D eigenvalue weighted by Crippen LogP contribution is 2.44. The number of benzene rings is 3. The maximum absolute atomic E-state index is 14.4. The Morgan fingerprint density at radius 1 is 0.816 bits per heavy atom. The van der Waals surface area contributed by atoms with Gasteiger partial charge in [0.1, 0.15) is 12.6 Å². The molecule has 8 nitrogen and oxygen atoms in total. The molecule has 3 aliphatic rings. The van der Waals surface area contributed by atoms with Crippen molar-refractivity contribution < 1.29 is 37.5 Å². The Balaban J connectivity index is 1.18. The lowest BCUT2D eigenvalue weighted by molar-refractivity contribution is -0.173. The summed E-state index contributed by atoms with van der Waals surface area (Å²) in [5.74, 6) is -6.81. The van der Waals surface area contributed by atoms with Crippen LogP contribution in [0.4, 0.5) is 13.6 Å². The molecular weight excluding hydrogens is 498 g/mol. The van der Waals surface area contributed by atoms with Crippen LogP contribution in [0.2, 0.25) is 0 Å². The van der Waals surface area contributed by atoms with Crippen LogP contribution in [0, 0.1) is 0 Å². The number of halogens is 2. The van der Waals surface area contributed by atoms with Crippen molar-refractivity contribution in [2.45, 2.75) is 24.3 Å². The summed E-state index contributed by atoms with van der Waals surface area (Å²) < 4.78 is 34.2. The summed E-state index contributed by atoms with van der Waals surface area (Å²) in [6.45, 7) is -1.19. The van der Waals surface area contributed by atoms with Crippen LogP contribution < -0.4 is 0 Å². The van der Waals surface area contributed by atoms with E-state index >= 15 is 0 Å². The standard InChI is InChI=1S/C28H20F2N2O6/c29-28(30)13-23(26(35)38-32-24(33)20-11-5-6-12-21(20)25(32)34)31(15-28)27(36)37-14-22-18-9-3-1-7-16(18)17-8-2-4-10-19(17)22/h1-12,22-23H,13-15H2/t23-/m0/s1. The van der Waals surface area contributed by atoms with E-state index in [1.54, 1.807) is 0 Å². The molecule has 0 unspecified atom stereocenters. The molecule has 1 aliphatic carbocycles. The van der Waals surface area contributed by atoms with Gasteiger partial charge in [0.2, 0.25) is 0 Å². The van der Waals surface area contributed by atoms with Crippen LogP contribution in [0.25, 0.3) is 11.1 Å². The quantitative estimate of drug-likeness (QED) is 0.476. The monoisotopic (exact) mass is 518 g/mol. The Kier molecular flexibility index (Phi) is 5.48. The molecule has 3 aromatic rings. The number of ether oxygens (including phenoxy) is 1. The first-order valence-corrected chi connectivity index (χ1v) is 11.9. The van der Waals surface area contributed by atoms with Crippen molar-refractivity contribution in [3.8, 4) is 11.1 Å². The molecule has 192 valence electrons. The van der Waals surface area contributed by atoms with Gasteiger partial charge in [0.05, 0.1) is 17.7 Å². The maximum atomic E-state index is 14.4. The first-order chi connectivity index (χ1) is 18.2. The number of amides is 3. The first-order valence-electron chi connectivity index (χ1n) is 11.9. The van der Waals surface area contributed by atoms with E-state index in [9.17, 15) is 28.0 Å². The summed E-state index contributed by atoms with van der Waals surface area (Å²) >= 11 is 0. The van der Waals surface area contributed by atoms with Crippen LogP contribution in [0.15, 0.2) is 72.8 Å². The highest BCUT2D eigenvalue weighted by molar-refractivity contribution is 6.21. The second-order valence-electron chi connectivity index (χ2n) is 9.37. The molecule has 1 fully saturated rings. The molecule has 0 aromatic heterocycles. The number of hydroxylamine groups is 2. The maximum Gasteiger partial charge on any atom is 0.410 e. The molecular formula is C28H20F2N2O6. The number of carbonyl (C=O) groups excluding carboxylic acids is 4. The van der Waals surface area contributed by atoms with Crippen molar-refractivity contribution in [1.29, 1.82) is 0 Å². The number of alkyl halides is 2. The molecule has 6 rings (SSSR count). The van der Waals surface area contributed by atoms with Crippen LogP contribution in [-0.2, 0) is 14.4 Å². The van der Waals surface area contributed by atoms with Crippen molar-refractivity contribution in [1.82, 2.24) is 9.96 Å². The van der Waals surface area contributed by atoms with Gasteiger partial charge in [0, 0.05) is 12.3 Å².